The predicted octanol–water partition coefficient (Wildman–Crippen LogP) is 4.38. The maximum Gasteiger partial charge on any atom is 0.274 e. The number of carbonyl (C=O) groups excluding carboxylic acids is 1. The van der Waals surface area contributed by atoms with E-state index >= 15 is 0 Å². The fourth-order valence-corrected chi connectivity index (χ4v) is 3.31. The third kappa shape index (κ3) is 4.12. The zero-order valence-corrected chi connectivity index (χ0v) is 16.5. The number of anilines is 1. The van der Waals surface area contributed by atoms with Crippen LogP contribution in [-0.4, -0.2) is 20.7 Å². The summed E-state index contributed by atoms with van der Waals surface area (Å²) >= 11 is 10.3. The molecule has 0 saturated carbocycles. The third-order valence-corrected chi connectivity index (χ3v) is 4.70. The van der Waals surface area contributed by atoms with E-state index in [1.807, 2.05) is 11.5 Å². The van der Waals surface area contributed by atoms with Gasteiger partial charge in [0.2, 0.25) is 0 Å². The molecule has 7 nitrogen and oxygen atoms in total. The highest BCUT2D eigenvalue weighted by Gasteiger charge is 2.19. The van der Waals surface area contributed by atoms with Gasteiger partial charge in [0.25, 0.3) is 5.91 Å². The van der Waals surface area contributed by atoms with Gasteiger partial charge in [-0.05, 0) is 58.0 Å². The van der Waals surface area contributed by atoms with Gasteiger partial charge < -0.3 is 5.32 Å². The topological polar surface area (TPSA) is 107 Å². The zero-order valence-electron chi connectivity index (χ0n) is 13.3. The molecule has 0 spiro atoms. The number of halogens is 2. The summed E-state index contributed by atoms with van der Waals surface area (Å²) in [5.41, 5.74) is 0.986. The van der Waals surface area contributed by atoms with Gasteiger partial charge in [-0.3, -0.25) is 4.79 Å². The van der Waals surface area contributed by atoms with Gasteiger partial charge in [0.05, 0.1) is 22.3 Å². The van der Waals surface area contributed by atoms with Crippen LogP contribution in [0, 0.1) is 22.0 Å². The number of thioether (sulfide) groups is 1. The Bertz CT molecular complexity index is 1120. The molecule has 1 amide bonds. The van der Waals surface area contributed by atoms with Crippen molar-refractivity contribution in [3.63, 3.8) is 0 Å². The van der Waals surface area contributed by atoms with Crippen molar-refractivity contribution in [2.75, 3.05) is 5.32 Å². The number of rotatable bonds is 4. The van der Waals surface area contributed by atoms with Gasteiger partial charge in [-0.15, -0.1) is 0 Å². The monoisotopic (exact) mass is 458 g/mol. The largest absolute Gasteiger partial charge is 0.320 e. The molecule has 1 N–H and O–H groups in total. The molecule has 0 atom stereocenters. The molecule has 132 valence electrons. The van der Waals surface area contributed by atoms with Gasteiger partial charge in [-0.1, -0.05) is 11.6 Å². The molecule has 0 saturated heterocycles. The highest BCUT2D eigenvalue weighted by molar-refractivity contribution is 9.10. The number of nitrogens with zero attached hydrogens (tertiary/aromatic N) is 5. The Morgan fingerprint density at radius 3 is 2.81 bits per heavy atom. The smallest absolute Gasteiger partial charge is 0.274 e. The second-order valence-electron chi connectivity index (χ2n) is 5.04. The van der Waals surface area contributed by atoms with Gasteiger partial charge in [0.1, 0.15) is 15.7 Å². The van der Waals surface area contributed by atoms with Crippen molar-refractivity contribution in [3.05, 3.63) is 63.5 Å². The summed E-state index contributed by atoms with van der Waals surface area (Å²) in [6, 6.07) is 11.5. The summed E-state index contributed by atoms with van der Waals surface area (Å²) in [7, 11) is 0. The Labute approximate surface area is 171 Å². The molecule has 2 aromatic heterocycles. The van der Waals surface area contributed by atoms with Gasteiger partial charge in [0, 0.05) is 17.2 Å². The number of benzene rings is 1. The van der Waals surface area contributed by atoms with E-state index in [9.17, 15) is 4.79 Å². The minimum Gasteiger partial charge on any atom is -0.320 e. The lowest BCUT2D eigenvalue weighted by Crippen LogP contribution is -2.18. The standard InChI is InChI=1S/C17H8BrClN6OS/c18-15-7-13(25(24-15)16-11(19)2-1-5-22-16)17(26)23-12-4-3-10(8-20)6-14(12)27-9-21/h1-7H,(H,23,26). The van der Waals surface area contributed by atoms with Crippen LogP contribution in [0.5, 0.6) is 0 Å². The van der Waals surface area contributed by atoms with Crippen LogP contribution < -0.4 is 5.32 Å². The van der Waals surface area contributed by atoms with Crippen LogP contribution in [0.15, 0.2) is 52.1 Å². The molecular weight excluding hydrogens is 452 g/mol. The summed E-state index contributed by atoms with van der Waals surface area (Å²) in [5, 5.41) is 27.2. The van der Waals surface area contributed by atoms with Crippen LogP contribution in [0.2, 0.25) is 5.02 Å². The Morgan fingerprint density at radius 1 is 1.30 bits per heavy atom. The minimum absolute atomic E-state index is 0.194. The molecule has 0 fully saturated rings. The van der Waals surface area contributed by atoms with Gasteiger partial charge in [-0.25, -0.2) is 9.67 Å². The molecule has 0 radical (unpaired) electrons. The predicted molar refractivity (Wildman–Crippen MR) is 105 cm³/mol. The normalized spacial score (nSPS) is 10.1. The van der Waals surface area contributed by atoms with E-state index in [4.69, 9.17) is 22.1 Å². The highest BCUT2D eigenvalue weighted by atomic mass is 79.9. The van der Waals surface area contributed by atoms with E-state index in [2.05, 4.69) is 31.3 Å². The average molecular weight is 460 g/mol. The number of hydrogen-bond donors (Lipinski definition) is 1. The molecule has 0 bridgehead atoms. The number of nitrogens with one attached hydrogen (secondary N) is 1. The molecule has 3 aromatic rings. The van der Waals surface area contributed by atoms with Gasteiger partial charge in [0.15, 0.2) is 5.82 Å². The first-order valence-corrected chi connectivity index (χ1v) is 9.30. The Kier molecular flexibility index (Phi) is 5.77. The lowest BCUT2D eigenvalue weighted by atomic mass is 10.2. The number of pyridine rings is 1. The molecule has 10 heteroatoms. The molecule has 0 aliphatic rings. The van der Waals surface area contributed by atoms with E-state index in [0.29, 0.717) is 31.6 Å². The molecule has 2 heterocycles. The fraction of sp³-hybridized carbons (Fsp3) is 0. The molecule has 0 aliphatic heterocycles. The number of carbonyl (C=O) groups is 1. The van der Waals surface area contributed by atoms with Crippen molar-refractivity contribution in [1.29, 1.82) is 10.5 Å². The van der Waals surface area contributed by atoms with Crippen molar-refractivity contribution < 1.29 is 4.79 Å². The Balaban J connectivity index is 1.98. The number of nitriles is 2. The third-order valence-electron chi connectivity index (χ3n) is 3.37. The first kappa shape index (κ1) is 18.9. The first-order chi connectivity index (χ1) is 13.0. The fourth-order valence-electron chi connectivity index (χ4n) is 2.22. The van der Waals surface area contributed by atoms with Crippen LogP contribution in [0.25, 0.3) is 5.82 Å². The quantitative estimate of drug-likeness (QED) is 0.458. The second kappa shape index (κ2) is 8.23. The Hall–Kier alpha value is -2.85. The van der Waals surface area contributed by atoms with Crippen molar-refractivity contribution in [3.8, 4) is 17.3 Å². The number of aromatic nitrogens is 3. The molecule has 3 rings (SSSR count). The van der Waals surface area contributed by atoms with Gasteiger partial charge in [-0.2, -0.15) is 15.6 Å². The van der Waals surface area contributed by atoms with E-state index in [1.165, 1.54) is 16.8 Å². The van der Waals surface area contributed by atoms with Crippen molar-refractivity contribution >= 4 is 50.9 Å². The lowest BCUT2D eigenvalue weighted by Gasteiger charge is -2.11. The Morgan fingerprint density at radius 2 is 2.11 bits per heavy atom. The maximum absolute atomic E-state index is 12.8. The van der Waals surface area contributed by atoms with Crippen LogP contribution in [0.3, 0.4) is 0 Å². The van der Waals surface area contributed by atoms with E-state index in [1.54, 1.807) is 30.5 Å². The molecule has 0 unspecified atom stereocenters. The molecular formula is C17H8BrClN6OS. The average Bonchev–Trinajstić information content (AvgIpc) is 3.05. The minimum atomic E-state index is -0.473. The first-order valence-electron chi connectivity index (χ1n) is 7.31. The van der Waals surface area contributed by atoms with E-state index < -0.39 is 5.91 Å². The summed E-state index contributed by atoms with van der Waals surface area (Å²) < 4.78 is 1.75. The van der Waals surface area contributed by atoms with Crippen LogP contribution in [0.4, 0.5) is 5.69 Å². The van der Waals surface area contributed by atoms with Crippen LogP contribution in [-0.2, 0) is 0 Å². The zero-order chi connectivity index (χ0) is 19.4. The summed E-state index contributed by atoms with van der Waals surface area (Å²) in [6.45, 7) is 0. The summed E-state index contributed by atoms with van der Waals surface area (Å²) in [5.74, 6) is -0.166. The molecule has 27 heavy (non-hydrogen) atoms. The number of hydrogen-bond acceptors (Lipinski definition) is 6. The lowest BCUT2D eigenvalue weighted by molar-refractivity contribution is 0.101. The summed E-state index contributed by atoms with van der Waals surface area (Å²) in [6.07, 6.45) is 1.54. The second-order valence-corrected chi connectivity index (χ2v) is 7.09. The molecule has 1 aromatic carbocycles. The SMILES string of the molecule is N#CSc1cc(C#N)ccc1NC(=O)c1cc(Br)nn1-c1ncccc1Cl. The van der Waals surface area contributed by atoms with Crippen molar-refractivity contribution in [1.82, 2.24) is 14.8 Å². The van der Waals surface area contributed by atoms with Crippen LogP contribution in [0.1, 0.15) is 16.1 Å². The highest BCUT2D eigenvalue weighted by Crippen LogP contribution is 2.29. The summed E-state index contributed by atoms with van der Waals surface area (Å²) in [4.78, 5) is 17.5. The van der Waals surface area contributed by atoms with Crippen LogP contribution >= 0.6 is 39.3 Å². The van der Waals surface area contributed by atoms with E-state index in [-0.39, 0.29) is 5.69 Å². The molecule has 0 aliphatic carbocycles. The number of thiocyanates is 1. The van der Waals surface area contributed by atoms with Gasteiger partial charge >= 0.3 is 0 Å². The number of amides is 1. The van der Waals surface area contributed by atoms with E-state index in [0.717, 1.165) is 11.8 Å². The van der Waals surface area contributed by atoms with Crippen molar-refractivity contribution in [2.45, 2.75) is 4.90 Å². The van der Waals surface area contributed by atoms with Crippen molar-refractivity contribution in [2.24, 2.45) is 0 Å². The maximum atomic E-state index is 12.8.